The highest BCUT2D eigenvalue weighted by atomic mass is 32.2. The van der Waals surface area contributed by atoms with E-state index in [1.807, 2.05) is 18.2 Å². The van der Waals surface area contributed by atoms with E-state index in [1.165, 1.54) is 28.5 Å². The van der Waals surface area contributed by atoms with Gasteiger partial charge in [-0.2, -0.15) is 11.8 Å². The van der Waals surface area contributed by atoms with Crippen LogP contribution in [-0.2, 0) is 10.5 Å². The Morgan fingerprint density at radius 1 is 1.05 bits per heavy atom. The average molecular weight is 287 g/mol. The summed E-state index contributed by atoms with van der Waals surface area (Å²) >= 11 is 1.54. The minimum atomic E-state index is -0.947. The molecule has 0 bridgehead atoms. The number of carboxylic acid groups (broad SMARTS) is 1. The molecule has 0 unspecified atom stereocenters. The zero-order valence-corrected chi connectivity index (χ0v) is 11.8. The Hall–Kier alpha value is -1.78. The quantitative estimate of drug-likeness (QED) is 0.857. The standard InChI is InChI=1S/C16H17NO2S/c17-15(16(18)19)11-20-10-12-6-8-14(9-7-12)13-4-2-1-3-5-13/h1-9,15H,10-11,17H2,(H,18,19)/t15-/m0/s1. The van der Waals surface area contributed by atoms with Gasteiger partial charge in [0.2, 0.25) is 0 Å². The maximum absolute atomic E-state index is 10.6. The first-order valence-electron chi connectivity index (χ1n) is 6.37. The molecule has 0 fully saturated rings. The van der Waals surface area contributed by atoms with Crippen molar-refractivity contribution < 1.29 is 9.90 Å². The third-order valence-electron chi connectivity index (χ3n) is 2.94. The lowest BCUT2D eigenvalue weighted by atomic mass is 10.0. The smallest absolute Gasteiger partial charge is 0.321 e. The van der Waals surface area contributed by atoms with Gasteiger partial charge in [0.15, 0.2) is 0 Å². The molecule has 0 radical (unpaired) electrons. The van der Waals surface area contributed by atoms with Crippen LogP contribution in [0.1, 0.15) is 5.56 Å². The maximum Gasteiger partial charge on any atom is 0.321 e. The Morgan fingerprint density at radius 2 is 1.65 bits per heavy atom. The van der Waals surface area contributed by atoms with Crippen LogP contribution in [0.2, 0.25) is 0 Å². The highest BCUT2D eigenvalue weighted by Gasteiger charge is 2.10. The molecule has 4 heteroatoms. The van der Waals surface area contributed by atoms with Gasteiger partial charge in [-0.15, -0.1) is 0 Å². The first-order chi connectivity index (χ1) is 9.66. The summed E-state index contributed by atoms with van der Waals surface area (Å²) in [5, 5.41) is 8.70. The van der Waals surface area contributed by atoms with Crippen molar-refractivity contribution in [1.82, 2.24) is 0 Å². The topological polar surface area (TPSA) is 63.3 Å². The van der Waals surface area contributed by atoms with E-state index in [4.69, 9.17) is 10.8 Å². The van der Waals surface area contributed by atoms with Crippen LogP contribution in [0.4, 0.5) is 0 Å². The van der Waals surface area contributed by atoms with Crippen molar-refractivity contribution in [2.75, 3.05) is 5.75 Å². The number of hydrogen-bond acceptors (Lipinski definition) is 3. The molecule has 0 saturated heterocycles. The molecule has 20 heavy (non-hydrogen) atoms. The Labute approximate surface area is 122 Å². The highest BCUT2D eigenvalue weighted by molar-refractivity contribution is 7.98. The van der Waals surface area contributed by atoms with E-state index in [2.05, 4.69) is 36.4 Å². The van der Waals surface area contributed by atoms with Crippen LogP contribution in [0.5, 0.6) is 0 Å². The SMILES string of the molecule is N[C@@H](CSCc1ccc(-c2ccccc2)cc1)C(=O)O. The second-order valence-electron chi connectivity index (χ2n) is 4.52. The van der Waals surface area contributed by atoms with Crippen molar-refractivity contribution in [3.8, 4) is 11.1 Å². The van der Waals surface area contributed by atoms with E-state index >= 15 is 0 Å². The molecule has 2 aromatic rings. The van der Waals surface area contributed by atoms with E-state index < -0.39 is 12.0 Å². The molecule has 0 aliphatic heterocycles. The predicted molar refractivity (Wildman–Crippen MR) is 83.7 cm³/mol. The number of nitrogens with two attached hydrogens (primary N) is 1. The van der Waals surface area contributed by atoms with Crippen LogP contribution < -0.4 is 5.73 Å². The normalized spacial score (nSPS) is 12.1. The molecule has 104 valence electrons. The average Bonchev–Trinajstić information content (AvgIpc) is 2.48. The zero-order chi connectivity index (χ0) is 14.4. The Kier molecular flexibility index (Phi) is 5.21. The van der Waals surface area contributed by atoms with Crippen molar-refractivity contribution in [2.45, 2.75) is 11.8 Å². The fourth-order valence-electron chi connectivity index (χ4n) is 1.80. The molecule has 0 aliphatic carbocycles. The maximum atomic E-state index is 10.6. The summed E-state index contributed by atoms with van der Waals surface area (Å²) < 4.78 is 0. The van der Waals surface area contributed by atoms with Gasteiger partial charge in [0, 0.05) is 11.5 Å². The van der Waals surface area contributed by atoms with Crippen LogP contribution in [0.25, 0.3) is 11.1 Å². The monoisotopic (exact) mass is 287 g/mol. The van der Waals surface area contributed by atoms with E-state index in [1.54, 1.807) is 0 Å². The van der Waals surface area contributed by atoms with Crippen LogP contribution >= 0.6 is 11.8 Å². The number of carbonyl (C=O) groups is 1. The summed E-state index contributed by atoms with van der Waals surface area (Å²) in [4.78, 5) is 10.6. The predicted octanol–water partition coefficient (Wildman–Crippen LogP) is 3.00. The van der Waals surface area contributed by atoms with Gasteiger partial charge in [0.05, 0.1) is 0 Å². The van der Waals surface area contributed by atoms with Gasteiger partial charge in [-0.3, -0.25) is 4.79 Å². The molecule has 0 aromatic heterocycles. The number of rotatable bonds is 6. The van der Waals surface area contributed by atoms with Crippen molar-refractivity contribution in [3.63, 3.8) is 0 Å². The number of benzene rings is 2. The van der Waals surface area contributed by atoms with Gasteiger partial charge in [0.1, 0.15) is 6.04 Å². The largest absolute Gasteiger partial charge is 0.480 e. The van der Waals surface area contributed by atoms with Crippen LogP contribution in [0.15, 0.2) is 54.6 Å². The lowest BCUT2D eigenvalue weighted by molar-refractivity contribution is -0.137. The Bertz CT molecular complexity index is 554. The van der Waals surface area contributed by atoms with Crippen molar-refractivity contribution in [3.05, 3.63) is 60.2 Å². The summed E-state index contributed by atoms with van der Waals surface area (Å²) in [6.45, 7) is 0. The molecule has 3 N–H and O–H groups in total. The zero-order valence-electron chi connectivity index (χ0n) is 11.0. The number of thioether (sulfide) groups is 1. The molecule has 2 rings (SSSR count). The molecule has 0 saturated carbocycles. The Balaban J connectivity index is 1.91. The summed E-state index contributed by atoms with van der Waals surface area (Å²) in [6, 6.07) is 17.7. The molecule has 3 nitrogen and oxygen atoms in total. The van der Waals surface area contributed by atoms with Gasteiger partial charge in [-0.1, -0.05) is 54.6 Å². The third-order valence-corrected chi connectivity index (χ3v) is 4.08. The second kappa shape index (κ2) is 7.12. The Morgan fingerprint density at radius 3 is 2.25 bits per heavy atom. The summed E-state index contributed by atoms with van der Waals surface area (Å²) in [7, 11) is 0. The minimum absolute atomic E-state index is 0.426. The van der Waals surface area contributed by atoms with E-state index in [0.717, 1.165) is 5.75 Å². The first-order valence-corrected chi connectivity index (χ1v) is 7.53. The van der Waals surface area contributed by atoms with Gasteiger partial charge in [-0.05, 0) is 16.7 Å². The molecular formula is C16H17NO2S. The molecular weight excluding hydrogens is 270 g/mol. The summed E-state index contributed by atoms with van der Waals surface area (Å²) in [6.07, 6.45) is 0. The molecule has 1 atom stereocenters. The van der Waals surface area contributed by atoms with Crippen LogP contribution in [0.3, 0.4) is 0 Å². The highest BCUT2D eigenvalue weighted by Crippen LogP contribution is 2.21. The fraction of sp³-hybridized carbons (Fsp3) is 0.188. The van der Waals surface area contributed by atoms with Crippen molar-refractivity contribution in [2.24, 2.45) is 5.73 Å². The number of aliphatic carboxylic acids is 1. The van der Waals surface area contributed by atoms with Gasteiger partial charge < -0.3 is 10.8 Å². The first kappa shape index (κ1) is 14.6. The van der Waals surface area contributed by atoms with E-state index in [0.29, 0.717) is 5.75 Å². The number of carboxylic acids is 1. The van der Waals surface area contributed by atoms with Crippen molar-refractivity contribution >= 4 is 17.7 Å². The lowest BCUT2D eigenvalue weighted by Crippen LogP contribution is -2.32. The van der Waals surface area contributed by atoms with Gasteiger partial charge >= 0.3 is 5.97 Å². The van der Waals surface area contributed by atoms with Crippen molar-refractivity contribution in [1.29, 1.82) is 0 Å². The lowest BCUT2D eigenvalue weighted by Gasteiger charge is -2.07. The minimum Gasteiger partial charge on any atom is -0.480 e. The third kappa shape index (κ3) is 4.11. The van der Waals surface area contributed by atoms with Crippen LogP contribution in [-0.4, -0.2) is 22.9 Å². The molecule has 0 amide bonds. The second-order valence-corrected chi connectivity index (χ2v) is 5.55. The molecule has 2 aromatic carbocycles. The van der Waals surface area contributed by atoms with Gasteiger partial charge in [0.25, 0.3) is 0 Å². The van der Waals surface area contributed by atoms with Gasteiger partial charge in [-0.25, -0.2) is 0 Å². The summed E-state index contributed by atoms with van der Waals surface area (Å²) in [5.41, 5.74) is 9.01. The van der Waals surface area contributed by atoms with Crippen LogP contribution in [0, 0.1) is 0 Å². The molecule has 0 spiro atoms. The van der Waals surface area contributed by atoms with E-state index in [9.17, 15) is 4.79 Å². The summed E-state index contributed by atoms with van der Waals surface area (Å²) in [5.74, 6) is 0.253. The number of hydrogen-bond donors (Lipinski definition) is 2. The fourth-order valence-corrected chi connectivity index (χ4v) is 2.74. The molecule has 0 heterocycles. The van der Waals surface area contributed by atoms with E-state index in [-0.39, 0.29) is 0 Å². The molecule has 0 aliphatic rings.